The molecule has 0 bridgehead atoms. The number of anilines is 1. The topological polar surface area (TPSA) is 82.5 Å². The molecular weight excluding hydrogens is 449 g/mol. The lowest BCUT2D eigenvalue weighted by Gasteiger charge is -2.10. The number of hydrogen-bond acceptors (Lipinski definition) is 5. The molecule has 0 unspecified atom stereocenters. The van der Waals surface area contributed by atoms with Crippen LogP contribution in [0.1, 0.15) is 23.0 Å². The Labute approximate surface area is 202 Å². The van der Waals surface area contributed by atoms with Crippen LogP contribution < -0.4 is 10.1 Å². The maximum absolute atomic E-state index is 13.9. The lowest BCUT2D eigenvalue weighted by molar-refractivity contribution is -0.115. The fourth-order valence-corrected chi connectivity index (χ4v) is 3.59. The van der Waals surface area contributed by atoms with Gasteiger partial charge in [-0.1, -0.05) is 30.3 Å². The monoisotopic (exact) mass is 473 g/mol. The first kappa shape index (κ1) is 23.7. The number of carbonyl (C=O) groups is 2. The van der Waals surface area contributed by atoms with E-state index in [0.29, 0.717) is 22.6 Å². The van der Waals surface area contributed by atoms with Crippen molar-refractivity contribution < 1.29 is 23.5 Å². The fraction of sp³-hybridized carbons (Fsp3) is 0.148. The van der Waals surface area contributed by atoms with Gasteiger partial charge in [0.05, 0.1) is 31.5 Å². The third-order valence-corrected chi connectivity index (χ3v) is 5.21. The van der Waals surface area contributed by atoms with Crippen LogP contribution >= 0.6 is 0 Å². The van der Waals surface area contributed by atoms with E-state index in [1.807, 2.05) is 18.2 Å². The van der Waals surface area contributed by atoms with E-state index in [1.165, 1.54) is 16.8 Å². The zero-order valence-electron chi connectivity index (χ0n) is 19.3. The number of carbonyl (C=O) groups excluding carboxylic acids is 2. The quantitative estimate of drug-likeness (QED) is 0.363. The average molecular weight is 474 g/mol. The highest BCUT2D eigenvalue weighted by Gasteiger charge is 2.18. The van der Waals surface area contributed by atoms with E-state index in [4.69, 9.17) is 9.47 Å². The second kappa shape index (κ2) is 10.6. The molecular formula is C27H24FN3O4. The number of benzene rings is 3. The molecule has 1 aromatic heterocycles. The van der Waals surface area contributed by atoms with Gasteiger partial charge in [0, 0.05) is 11.3 Å². The summed E-state index contributed by atoms with van der Waals surface area (Å²) in [6.45, 7) is 1.91. The van der Waals surface area contributed by atoms with Crippen molar-refractivity contribution in [3.05, 3.63) is 95.9 Å². The van der Waals surface area contributed by atoms with E-state index >= 15 is 0 Å². The van der Waals surface area contributed by atoms with Crippen LogP contribution in [0.3, 0.4) is 0 Å². The highest BCUT2D eigenvalue weighted by molar-refractivity contribution is 5.93. The van der Waals surface area contributed by atoms with Gasteiger partial charge in [-0.3, -0.25) is 4.79 Å². The van der Waals surface area contributed by atoms with Crippen molar-refractivity contribution in [2.45, 2.75) is 13.3 Å². The molecule has 3 aromatic carbocycles. The Balaban J connectivity index is 1.62. The lowest BCUT2D eigenvalue weighted by atomic mass is 10.1. The molecule has 1 amide bonds. The number of halogens is 1. The Hall–Kier alpha value is -4.46. The van der Waals surface area contributed by atoms with Crippen LogP contribution in [0.15, 0.2) is 78.9 Å². The number of nitrogens with one attached hydrogen (secondary N) is 1. The van der Waals surface area contributed by atoms with Gasteiger partial charge in [0.25, 0.3) is 0 Å². The van der Waals surface area contributed by atoms with Crippen molar-refractivity contribution in [1.82, 2.24) is 9.78 Å². The summed E-state index contributed by atoms with van der Waals surface area (Å²) in [5, 5.41) is 7.25. The van der Waals surface area contributed by atoms with Crippen LogP contribution in [-0.2, 0) is 16.0 Å². The van der Waals surface area contributed by atoms with Crippen LogP contribution in [0, 0.1) is 5.82 Å². The molecule has 0 saturated heterocycles. The summed E-state index contributed by atoms with van der Waals surface area (Å²) in [6.07, 6.45) is 0.197. The number of ether oxygens (including phenoxy) is 2. The summed E-state index contributed by atoms with van der Waals surface area (Å²) < 4.78 is 25.6. The molecule has 0 atom stereocenters. The maximum Gasteiger partial charge on any atom is 0.358 e. The molecule has 7 nitrogen and oxygen atoms in total. The summed E-state index contributed by atoms with van der Waals surface area (Å²) >= 11 is 0. The van der Waals surface area contributed by atoms with Crippen LogP contribution in [-0.4, -0.2) is 35.4 Å². The number of rotatable bonds is 8. The van der Waals surface area contributed by atoms with E-state index in [-0.39, 0.29) is 24.6 Å². The van der Waals surface area contributed by atoms with Crippen LogP contribution in [0.4, 0.5) is 10.1 Å². The van der Waals surface area contributed by atoms with Gasteiger partial charge in [0.1, 0.15) is 11.6 Å². The fourth-order valence-electron chi connectivity index (χ4n) is 3.59. The van der Waals surface area contributed by atoms with Gasteiger partial charge in [0.15, 0.2) is 5.69 Å². The highest BCUT2D eigenvalue weighted by Crippen LogP contribution is 2.27. The van der Waals surface area contributed by atoms with Gasteiger partial charge < -0.3 is 14.8 Å². The molecule has 0 saturated carbocycles. The summed E-state index contributed by atoms with van der Waals surface area (Å²) in [7, 11) is 1.59. The minimum absolute atomic E-state index is 0.0973. The summed E-state index contributed by atoms with van der Waals surface area (Å²) in [6, 6.07) is 21.9. The molecule has 0 aliphatic heterocycles. The van der Waals surface area contributed by atoms with Crippen molar-refractivity contribution in [2.75, 3.05) is 19.0 Å². The number of hydrogen-bond donors (Lipinski definition) is 1. The Bertz CT molecular complexity index is 1350. The lowest BCUT2D eigenvalue weighted by Crippen LogP contribution is -2.14. The number of nitrogens with zero attached hydrogens (tertiary/aromatic N) is 2. The molecule has 0 aliphatic carbocycles. The maximum atomic E-state index is 13.9. The van der Waals surface area contributed by atoms with E-state index in [1.54, 1.807) is 62.6 Å². The SMILES string of the molecule is CCOC(=O)c1cc(-c2cccc(NC(=O)Cc3ccc(OC)cc3)c2)n(-c2cccc(F)c2)n1. The molecule has 0 spiro atoms. The Kier molecular flexibility index (Phi) is 7.21. The van der Waals surface area contributed by atoms with Crippen molar-refractivity contribution in [3.8, 4) is 22.7 Å². The predicted molar refractivity (Wildman–Crippen MR) is 130 cm³/mol. The normalized spacial score (nSPS) is 10.6. The molecule has 4 aromatic rings. The van der Waals surface area contributed by atoms with Crippen LogP contribution in [0.25, 0.3) is 16.9 Å². The van der Waals surface area contributed by atoms with Gasteiger partial charge in [-0.25, -0.2) is 13.9 Å². The second-order valence-corrected chi connectivity index (χ2v) is 7.68. The first-order chi connectivity index (χ1) is 17.0. The first-order valence-corrected chi connectivity index (χ1v) is 11.0. The number of amides is 1. The van der Waals surface area contributed by atoms with Crippen LogP contribution in [0.2, 0.25) is 0 Å². The molecule has 35 heavy (non-hydrogen) atoms. The largest absolute Gasteiger partial charge is 0.497 e. The number of aromatic nitrogens is 2. The third kappa shape index (κ3) is 5.73. The average Bonchev–Trinajstić information content (AvgIpc) is 3.31. The highest BCUT2D eigenvalue weighted by atomic mass is 19.1. The Morgan fingerprint density at radius 2 is 1.77 bits per heavy atom. The summed E-state index contributed by atoms with van der Waals surface area (Å²) in [5.41, 5.74) is 3.20. The van der Waals surface area contributed by atoms with Gasteiger partial charge in [-0.05, 0) is 61.0 Å². The Morgan fingerprint density at radius 3 is 2.49 bits per heavy atom. The smallest absolute Gasteiger partial charge is 0.358 e. The Morgan fingerprint density at radius 1 is 1.00 bits per heavy atom. The van der Waals surface area contributed by atoms with Gasteiger partial charge in [-0.15, -0.1) is 0 Å². The zero-order chi connectivity index (χ0) is 24.8. The molecule has 0 radical (unpaired) electrons. The number of methoxy groups -OCH3 is 1. The third-order valence-electron chi connectivity index (χ3n) is 5.21. The van der Waals surface area contributed by atoms with Gasteiger partial charge in [-0.2, -0.15) is 5.10 Å². The molecule has 4 rings (SSSR count). The van der Waals surface area contributed by atoms with Crippen molar-refractivity contribution in [2.24, 2.45) is 0 Å². The summed E-state index contributed by atoms with van der Waals surface area (Å²) in [5.74, 6) is -0.467. The summed E-state index contributed by atoms with van der Waals surface area (Å²) in [4.78, 5) is 24.9. The second-order valence-electron chi connectivity index (χ2n) is 7.68. The zero-order valence-corrected chi connectivity index (χ0v) is 19.3. The first-order valence-electron chi connectivity index (χ1n) is 11.0. The van der Waals surface area contributed by atoms with Crippen LogP contribution in [0.5, 0.6) is 5.75 Å². The minimum Gasteiger partial charge on any atom is -0.497 e. The molecule has 8 heteroatoms. The van der Waals surface area contributed by atoms with Crippen molar-refractivity contribution in [3.63, 3.8) is 0 Å². The molecule has 1 N–H and O–H groups in total. The van der Waals surface area contributed by atoms with E-state index in [2.05, 4.69) is 10.4 Å². The van der Waals surface area contributed by atoms with E-state index in [9.17, 15) is 14.0 Å². The van der Waals surface area contributed by atoms with Gasteiger partial charge >= 0.3 is 5.97 Å². The molecule has 0 fully saturated rings. The number of esters is 1. The molecule has 1 heterocycles. The molecule has 178 valence electrons. The minimum atomic E-state index is -0.576. The predicted octanol–water partition coefficient (Wildman–Crippen LogP) is 5.04. The standard InChI is InChI=1S/C27H24FN3O4/c1-3-35-27(33)24-17-25(31(30-24)22-9-5-7-20(28)16-22)19-6-4-8-21(15-19)29-26(32)14-18-10-12-23(34-2)13-11-18/h4-13,15-17H,3,14H2,1-2H3,(H,29,32). The molecule has 0 aliphatic rings. The van der Waals surface area contributed by atoms with Crippen molar-refractivity contribution in [1.29, 1.82) is 0 Å². The van der Waals surface area contributed by atoms with Crippen molar-refractivity contribution >= 4 is 17.6 Å². The van der Waals surface area contributed by atoms with E-state index < -0.39 is 11.8 Å². The van der Waals surface area contributed by atoms with Gasteiger partial charge in [0.2, 0.25) is 5.91 Å². The van der Waals surface area contributed by atoms with E-state index in [0.717, 1.165) is 11.3 Å².